The van der Waals surface area contributed by atoms with E-state index in [1.54, 1.807) is 0 Å². The third-order valence-corrected chi connectivity index (χ3v) is 2.65. The molecule has 0 atom stereocenters. The highest BCUT2D eigenvalue weighted by atomic mass is 35.5. The minimum absolute atomic E-state index is 0. The monoisotopic (exact) mass is 264 g/mol. The minimum Gasteiger partial charge on any atom is -0.492 e. The van der Waals surface area contributed by atoms with Crippen LogP contribution in [0.15, 0.2) is 12.1 Å². The molecular weight excluding hydrogens is 250 g/mol. The molecule has 1 aromatic carbocycles. The average Bonchev–Trinajstić information content (AvgIpc) is 2.29. The van der Waals surface area contributed by atoms with Crippen LogP contribution in [0.25, 0.3) is 0 Å². The Morgan fingerprint density at radius 1 is 1.24 bits per heavy atom. The van der Waals surface area contributed by atoms with Gasteiger partial charge in [-0.15, -0.1) is 12.4 Å². The molecule has 0 amide bonds. The molecule has 2 rings (SSSR count). The van der Waals surface area contributed by atoms with Crippen LogP contribution in [0.5, 0.6) is 5.75 Å². The number of benzene rings is 1. The number of hydrogen-bond donors (Lipinski definition) is 1. The van der Waals surface area contributed by atoms with E-state index in [0.717, 1.165) is 32.2 Å². The molecule has 1 heterocycles. The van der Waals surface area contributed by atoms with Crippen LogP contribution in [0.3, 0.4) is 0 Å². The zero-order chi connectivity index (χ0) is 11.5. The Kier molecular flexibility index (Phi) is 4.96. The molecule has 0 bridgehead atoms. The summed E-state index contributed by atoms with van der Waals surface area (Å²) >= 11 is 0. The first-order valence-corrected chi connectivity index (χ1v) is 5.21. The van der Waals surface area contributed by atoms with Crippen molar-refractivity contribution >= 4 is 18.1 Å². The van der Waals surface area contributed by atoms with Crippen LogP contribution in [-0.4, -0.2) is 33.3 Å². The second-order valence-electron chi connectivity index (χ2n) is 3.68. The van der Waals surface area contributed by atoms with Gasteiger partial charge >= 0.3 is 0 Å². The van der Waals surface area contributed by atoms with Crippen molar-refractivity contribution in [3.8, 4) is 5.75 Å². The Morgan fingerprint density at radius 2 is 1.88 bits per heavy atom. The van der Waals surface area contributed by atoms with Gasteiger partial charge < -0.3 is 15.0 Å². The largest absolute Gasteiger partial charge is 0.492 e. The summed E-state index contributed by atoms with van der Waals surface area (Å²) in [5.74, 6) is -1.12. The molecule has 0 unspecified atom stereocenters. The summed E-state index contributed by atoms with van der Waals surface area (Å²) in [6.45, 7) is 3.06. The highest BCUT2D eigenvalue weighted by Crippen LogP contribution is 2.32. The third-order valence-electron chi connectivity index (χ3n) is 2.65. The molecule has 0 radical (unpaired) electrons. The molecule has 1 aromatic rings. The molecule has 1 aliphatic rings. The Labute approximate surface area is 105 Å². The van der Waals surface area contributed by atoms with E-state index in [9.17, 15) is 8.78 Å². The van der Waals surface area contributed by atoms with Gasteiger partial charge in [-0.25, -0.2) is 8.78 Å². The van der Waals surface area contributed by atoms with E-state index in [4.69, 9.17) is 4.74 Å². The predicted molar refractivity (Wildman–Crippen MR) is 65.2 cm³/mol. The topological polar surface area (TPSA) is 24.5 Å². The number of ether oxygens (including phenoxy) is 1. The van der Waals surface area contributed by atoms with Crippen LogP contribution in [-0.2, 0) is 0 Å². The van der Waals surface area contributed by atoms with E-state index in [-0.39, 0.29) is 18.2 Å². The van der Waals surface area contributed by atoms with Crippen molar-refractivity contribution < 1.29 is 13.5 Å². The zero-order valence-corrected chi connectivity index (χ0v) is 10.3. The van der Waals surface area contributed by atoms with Crippen LogP contribution < -0.4 is 15.0 Å². The summed E-state index contributed by atoms with van der Waals surface area (Å²) in [5, 5.41) is 3.18. The van der Waals surface area contributed by atoms with Gasteiger partial charge in [0.1, 0.15) is 5.82 Å². The van der Waals surface area contributed by atoms with Gasteiger partial charge in [-0.05, 0) is 0 Å². The maximum atomic E-state index is 13.5. The lowest BCUT2D eigenvalue weighted by Gasteiger charge is -2.30. The van der Waals surface area contributed by atoms with Crippen LogP contribution in [0.4, 0.5) is 14.5 Å². The zero-order valence-electron chi connectivity index (χ0n) is 9.50. The number of nitrogens with one attached hydrogen (secondary N) is 1. The first-order valence-electron chi connectivity index (χ1n) is 5.21. The van der Waals surface area contributed by atoms with Gasteiger partial charge in [-0.1, -0.05) is 0 Å². The minimum atomic E-state index is -0.656. The summed E-state index contributed by atoms with van der Waals surface area (Å²) in [6.07, 6.45) is 0. The van der Waals surface area contributed by atoms with Crippen LogP contribution in [0, 0.1) is 11.6 Å². The lowest BCUT2D eigenvalue weighted by molar-refractivity contribution is 0.382. The van der Waals surface area contributed by atoms with Crippen molar-refractivity contribution in [3.05, 3.63) is 23.8 Å². The van der Waals surface area contributed by atoms with Crippen molar-refractivity contribution in [2.45, 2.75) is 0 Å². The van der Waals surface area contributed by atoms with E-state index in [1.165, 1.54) is 13.2 Å². The highest BCUT2D eigenvalue weighted by Gasteiger charge is 2.19. The van der Waals surface area contributed by atoms with Gasteiger partial charge in [0.25, 0.3) is 0 Å². The summed E-state index contributed by atoms with van der Waals surface area (Å²) in [4.78, 5) is 1.92. The van der Waals surface area contributed by atoms with Gasteiger partial charge in [0.15, 0.2) is 11.6 Å². The number of halogens is 3. The quantitative estimate of drug-likeness (QED) is 0.882. The van der Waals surface area contributed by atoms with Crippen molar-refractivity contribution in [1.29, 1.82) is 0 Å². The summed E-state index contributed by atoms with van der Waals surface area (Å²) in [7, 11) is 1.39. The third kappa shape index (κ3) is 2.98. The lowest BCUT2D eigenvalue weighted by atomic mass is 10.2. The van der Waals surface area contributed by atoms with Gasteiger partial charge in [-0.2, -0.15) is 0 Å². The summed E-state index contributed by atoms with van der Waals surface area (Å²) in [6, 6.07) is 2.15. The second-order valence-corrected chi connectivity index (χ2v) is 3.68. The maximum Gasteiger partial charge on any atom is 0.178 e. The fourth-order valence-electron chi connectivity index (χ4n) is 1.89. The summed E-state index contributed by atoms with van der Waals surface area (Å²) in [5.41, 5.74) is 0.488. The average molecular weight is 265 g/mol. The maximum absolute atomic E-state index is 13.5. The smallest absolute Gasteiger partial charge is 0.178 e. The number of piperazine rings is 1. The molecule has 0 spiro atoms. The second kappa shape index (κ2) is 6.02. The molecule has 0 saturated carbocycles. The van der Waals surface area contributed by atoms with Gasteiger partial charge in [0.05, 0.1) is 12.8 Å². The van der Waals surface area contributed by atoms with Crippen molar-refractivity contribution in [2.75, 3.05) is 38.2 Å². The molecule has 0 aliphatic carbocycles. The lowest BCUT2D eigenvalue weighted by Crippen LogP contribution is -2.43. The van der Waals surface area contributed by atoms with Crippen molar-refractivity contribution in [2.24, 2.45) is 0 Å². The number of nitrogens with zero attached hydrogens (tertiary/aromatic N) is 1. The van der Waals surface area contributed by atoms with Gasteiger partial charge in [0.2, 0.25) is 0 Å². The normalized spacial score (nSPS) is 15.4. The Morgan fingerprint density at radius 3 is 2.47 bits per heavy atom. The Balaban J connectivity index is 0.00000144. The molecule has 1 aliphatic heterocycles. The number of anilines is 1. The SMILES string of the molecule is COc1c(F)cc(F)cc1N1CCNCC1.Cl. The molecule has 6 heteroatoms. The molecule has 1 saturated heterocycles. The first kappa shape index (κ1) is 14.0. The highest BCUT2D eigenvalue weighted by molar-refractivity contribution is 5.85. The van der Waals surface area contributed by atoms with E-state index in [0.29, 0.717) is 5.69 Å². The van der Waals surface area contributed by atoms with Crippen molar-refractivity contribution in [3.63, 3.8) is 0 Å². The Hall–Kier alpha value is -1.07. The number of hydrogen-bond acceptors (Lipinski definition) is 3. The predicted octanol–water partition coefficient (Wildman–Crippen LogP) is 1.80. The molecule has 96 valence electrons. The molecular formula is C11H15ClF2N2O. The van der Waals surface area contributed by atoms with E-state index < -0.39 is 11.6 Å². The molecule has 1 fully saturated rings. The van der Waals surface area contributed by atoms with E-state index in [1.807, 2.05) is 4.90 Å². The van der Waals surface area contributed by atoms with Gasteiger partial charge in [0, 0.05) is 38.3 Å². The Bertz CT molecular complexity index is 384. The van der Waals surface area contributed by atoms with Crippen LogP contribution in [0.2, 0.25) is 0 Å². The fourth-order valence-corrected chi connectivity index (χ4v) is 1.89. The van der Waals surface area contributed by atoms with E-state index in [2.05, 4.69) is 5.32 Å². The standard InChI is InChI=1S/C11H14F2N2O.ClH/c1-16-11-9(13)6-8(12)7-10(11)15-4-2-14-3-5-15;/h6-7,14H,2-5H2,1H3;1H. The molecule has 0 aromatic heterocycles. The molecule has 17 heavy (non-hydrogen) atoms. The van der Waals surface area contributed by atoms with Gasteiger partial charge in [-0.3, -0.25) is 0 Å². The fraction of sp³-hybridized carbons (Fsp3) is 0.455. The first-order chi connectivity index (χ1) is 7.72. The van der Waals surface area contributed by atoms with Crippen molar-refractivity contribution in [1.82, 2.24) is 5.32 Å². The summed E-state index contributed by atoms with van der Waals surface area (Å²) < 4.78 is 31.6. The number of rotatable bonds is 2. The van der Waals surface area contributed by atoms with Crippen LogP contribution in [0.1, 0.15) is 0 Å². The van der Waals surface area contributed by atoms with E-state index >= 15 is 0 Å². The molecule has 3 nitrogen and oxygen atoms in total. The van der Waals surface area contributed by atoms with Crippen LogP contribution >= 0.6 is 12.4 Å². The molecule has 1 N–H and O–H groups in total. The number of methoxy groups -OCH3 is 1.